The fourth-order valence-electron chi connectivity index (χ4n) is 0.589. The quantitative estimate of drug-likeness (QED) is 0.579. The van der Waals surface area contributed by atoms with Gasteiger partial charge in [0.05, 0.1) is 18.9 Å². The Labute approximate surface area is 59.7 Å². The van der Waals surface area contributed by atoms with Gasteiger partial charge in [-0.1, -0.05) is 24.8 Å². The summed E-state index contributed by atoms with van der Waals surface area (Å²) in [5.41, 5.74) is 0. The lowest BCUT2D eigenvalue weighted by Crippen LogP contribution is -1.98. The van der Waals surface area contributed by atoms with Crippen LogP contribution in [-0.4, -0.2) is 15.0 Å². The Morgan fingerprint density at radius 3 is 2.70 bits per heavy atom. The van der Waals surface area contributed by atoms with Gasteiger partial charge in [-0.2, -0.15) is 15.0 Å². The molecular formula is C7H9N3. The Hall–Kier alpha value is -1.38. The van der Waals surface area contributed by atoms with Crippen LogP contribution in [0.5, 0.6) is 0 Å². The van der Waals surface area contributed by atoms with E-state index in [0.717, 1.165) is 0 Å². The van der Waals surface area contributed by atoms with Crippen LogP contribution < -0.4 is 0 Å². The number of nitrogens with zero attached hydrogens (tertiary/aromatic N) is 3. The van der Waals surface area contributed by atoms with Gasteiger partial charge in [-0.25, -0.2) is 0 Å². The summed E-state index contributed by atoms with van der Waals surface area (Å²) < 4.78 is 0. The minimum Gasteiger partial charge on any atom is -0.181 e. The zero-order valence-electron chi connectivity index (χ0n) is 5.64. The predicted molar refractivity (Wildman–Crippen MR) is 39.4 cm³/mol. The van der Waals surface area contributed by atoms with Crippen LogP contribution in [-0.2, 0) is 6.54 Å². The van der Waals surface area contributed by atoms with Gasteiger partial charge in [0.1, 0.15) is 0 Å². The van der Waals surface area contributed by atoms with Gasteiger partial charge in [0.2, 0.25) is 0 Å². The lowest BCUT2D eigenvalue weighted by molar-refractivity contribution is 0.602. The Balaban J connectivity index is 2.41. The second kappa shape index (κ2) is 3.61. The first-order valence-corrected chi connectivity index (χ1v) is 3.05. The average Bonchev–Trinajstić information content (AvgIpc) is 2.41. The second-order valence-electron chi connectivity index (χ2n) is 1.75. The van der Waals surface area contributed by atoms with Crippen molar-refractivity contribution in [1.82, 2.24) is 15.0 Å². The molecule has 0 saturated carbocycles. The molecule has 0 aliphatic heterocycles. The third-order valence-corrected chi connectivity index (χ3v) is 1.01. The molecule has 0 unspecified atom stereocenters. The summed E-state index contributed by atoms with van der Waals surface area (Å²) in [4.78, 5) is 1.60. The normalized spacial score (nSPS) is 10.4. The lowest BCUT2D eigenvalue weighted by Gasteiger charge is -1.88. The molecule has 3 heteroatoms. The SMILES string of the molecule is C=C/C=C\Cn1nccn1. The molecule has 0 N–H and O–H groups in total. The Bertz CT molecular complexity index is 211. The largest absolute Gasteiger partial charge is 0.181 e. The summed E-state index contributed by atoms with van der Waals surface area (Å²) in [5.74, 6) is 0. The number of allylic oxidation sites excluding steroid dienone is 3. The maximum absolute atomic E-state index is 3.91. The highest BCUT2D eigenvalue weighted by Crippen LogP contribution is 1.80. The highest BCUT2D eigenvalue weighted by atomic mass is 15.5. The van der Waals surface area contributed by atoms with Crippen molar-refractivity contribution in [2.24, 2.45) is 0 Å². The molecule has 52 valence electrons. The molecule has 0 bridgehead atoms. The molecule has 1 aromatic heterocycles. The second-order valence-corrected chi connectivity index (χ2v) is 1.75. The van der Waals surface area contributed by atoms with Crippen molar-refractivity contribution in [2.75, 3.05) is 0 Å². The molecule has 10 heavy (non-hydrogen) atoms. The molecule has 0 atom stereocenters. The number of aromatic nitrogens is 3. The van der Waals surface area contributed by atoms with Gasteiger partial charge in [-0.15, -0.1) is 0 Å². The smallest absolute Gasteiger partial charge is 0.0791 e. The number of hydrogen-bond donors (Lipinski definition) is 0. The van der Waals surface area contributed by atoms with E-state index in [-0.39, 0.29) is 0 Å². The van der Waals surface area contributed by atoms with Crippen LogP contribution in [0.4, 0.5) is 0 Å². The number of rotatable bonds is 3. The molecular weight excluding hydrogens is 126 g/mol. The molecule has 0 radical (unpaired) electrons. The van der Waals surface area contributed by atoms with E-state index in [4.69, 9.17) is 0 Å². The van der Waals surface area contributed by atoms with Crippen LogP contribution in [0.15, 0.2) is 37.2 Å². The van der Waals surface area contributed by atoms with Crippen molar-refractivity contribution in [3.05, 3.63) is 37.2 Å². The van der Waals surface area contributed by atoms with E-state index < -0.39 is 0 Å². The van der Waals surface area contributed by atoms with Gasteiger partial charge in [-0.3, -0.25) is 0 Å². The van der Waals surface area contributed by atoms with Crippen molar-refractivity contribution in [3.63, 3.8) is 0 Å². The summed E-state index contributed by atoms with van der Waals surface area (Å²) >= 11 is 0. The first-order chi connectivity index (χ1) is 4.93. The summed E-state index contributed by atoms with van der Waals surface area (Å²) in [5, 5.41) is 7.82. The summed E-state index contributed by atoms with van der Waals surface area (Å²) in [6.07, 6.45) is 8.84. The van der Waals surface area contributed by atoms with E-state index >= 15 is 0 Å². The Morgan fingerprint density at radius 1 is 1.40 bits per heavy atom. The summed E-state index contributed by atoms with van der Waals surface area (Å²) in [6.45, 7) is 4.25. The molecule has 0 aliphatic rings. The van der Waals surface area contributed by atoms with Gasteiger partial charge in [0.25, 0.3) is 0 Å². The van der Waals surface area contributed by atoms with Crippen LogP contribution in [0.3, 0.4) is 0 Å². The average molecular weight is 135 g/mol. The molecule has 1 rings (SSSR count). The standard InChI is InChI=1S/C7H9N3/c1-2-3-4-7-10-8-5-6-9-10/h2-6H,1,7H2/b4-3-. The molecule has 0 amide bonds. The van der Waals surface area contributed by atoms with Crippen molar-refractivity contribution in [1.29, 1.82) is 0 Å². The van der Waals surface area contributed by atoms with E-state index in [9.17, 15) is 0 Å². The molecule has 0 fully saturated rings. The highest BCUT2D eigenvalue weighted by Gasteiger charge is 1.82. The van der Waals surface area contributed by atoms with Gasteiger partial charge in [-0.05, 0) is 0 Å². The fraction of sp³-hybridized carbons (Fsp3) is 0.143. The Kier molecular flexibility index (Phi) is 2.43. The third-order valence-electron chi connectivity index (χ3n) is 1.01. The summed E-state index contributed by atoms with van der Waals surface area (Å²) in [7, 11) is 0. The molecule has 1 heterocycles. The zero-order chi connectivity index (χ0) is 7.23. The first-order valence-electron chi connectivity index (χ1n) is 3.05. The van der Waals surface area contributed by atoms with E-state index in [1.54, 1.807) is 23.3 Å². The van der Waals surface area contributed by atoms with Gasteiger partial charge in [0, 0.05) is 0 Å². The van der Waals surface area contributed by atoms with E-state index in [1.807, 2.05) is 12.2 Å². The highest BCUT2D eigenvalue weighted by molar-refractivity contribution is 4.96. The molecule has 1 aromatic rings. The number of hydrogen-bond acceptors (Lipinski definition) is 2. The summed E-state index contributed by atoms with van der Waals surface area (Å²) in [6, 6.07) is 0. The predicted octanol–water partition coefficient (Wildman–Crippen LogP) is 1.02. The van der Waals surface area contributed by atoms with E-state index in [2.05, 4.69) is 16.8 Å². The molecule has 0 saturated heterocycles. The van der Waals surface area contributed by atoms with Gasteiger partial charge < -0.3 is 0 Å². The topological polar surface area (TPSA) is 30.7 Å². The molecule has 0 aromatic carbocycles. The van der Waals surface area contributed by atoms with Crippen LogP contribution in [0.25, 0.3) is 0 Å². The van der Waals surface area contributed by atoms with Crippen molar-refractivity contribution in [3.8, 4) is 0 Å². The van der Waals surface area contributed by atoms with Crippen molar-refractivity contribution >= 4 is 0 Å². The molecule has 0 spiro atoms. The molecule has 3 nitrogen and oxygen atoms in total. The minimum absolute atomic E-state index is 0.707. The monoisotopic (exact) mass is 135 g/mol. The fourth-order valence-corrected chi connectivity index (χ4v) is 0.589. The van der Waals surface area contributed by atoms with E-state index in [1.165, 1.54) is 0 Å². The zero-order valence-corrected chi connectivity index (χ0v) is 5.64. The van der Waals surface area contributed by atoms with Crippen molar-refractivity contribution in [2.45, 2.75) is 6.54 Å². The maximum atomic E-state index is 3.91. The van der Waals surface area contributed by atoms with E-state index in [0.29, 0.717) is 6.54 Å². The van der Waals surface area contributed by atoms with Crippen LogP contribution in [0, 0.1) is 0 Å². The van der Waals surface area contributed by atoms with Crippen LogP contribution in [0.2, 0.25) is 0 Å². The van der Waals surface area contributed by atoms with Gasteiger partial charge in [0.15, 0.2) is 0 Å². The Morgan fingerprint density at radius 2 is 2.10 bits per heavy atom. The first kappa shape index (κ1) is 6.74. The van der Waals surface area contributed by atoms with Crippen LogP contribution in [0.1, 0.15) is 0 Å². The lowest BCUT2D eigenvalue weighted by atomic mass is 10.5. The molecule has 0 aliphatic carbocycles. The minimum atomic E-state index is 0.707. The third kappa shape index (κ3) is 1.85. The maximum Gasteiger partial charge on any atom is 0.0791 e. The van der Waals surface area contributed by atoms with Crippen LogP contribution >= 0.6 is 0 Å². The van der Waals surface area contributed by atoms with Crippen molar-refractivity contribution < 1.29 is 0 Å². The van der Waals surface area contributed by atoms with Gasteiger partial charge >= 0.3 is 0 Å².